The van der Waals surface area contributed by atoms with Gasteiger partial charge in [-0.25, -0.2) is 4.79 Å². The van der Waals surface area contributed by atoms with E-state index >= 15 is 0 Å². The summed E-state index contributed by atoms with van der Waals surface area (Å²) in [5.74, 6) is -0.358. The molecule has 2 aromatic carbocycles. The van der Waals surface area contributed by atoms with Crippen LogP contribution in [0.2, 0.25) is 0 Å². The Labute approximate surface area is 162 Å². The Bertz CT molecular complexity index is 812. The minimum absolute atomic E-state index is 0.205. The predicted molar refractivity (Wildman–Crippen MR) is 101 cm³/mol. The molecule has 0 heterocycles. The summed E-state index contributed by atoms with van der Waals surface area (Å²) in [7, 11) is 0. The molecule has 2 rings (SSSR count). The average molecular weight is 386 g/mol. The van der Waals surface area contributed by atoms with Gasteiger partial charge in [0.2, 0.25) is 0 Å². The van der Waals surface area contributed by atoms with E-state index in [4.69, 9.17) is 19.3 Å². The normalized spacial score (nSPS) is 10.2. The number of aromatic carboxylic acids is 1. The highest BCUT2D eigenvalue weighted by Gasteiger charge is 2.08. The zero-order chi connectivity index (χ0) is 20.4. The first-order chi connectivity index (χ1) is 13.5. The van der Waals surface area contributed by atoms with Crippen LogP contribution in [0.15, 0.2) is 42.5 Å². The summed E-state index contributed by atoms with van der Waals surface area (Å²) in [5.41, 5.74) is 1.35. The van der Waals surface area contributed by atoms with E-state index in [1.54, 1.807) is 37.3 Å². The van der Waals surface area contributed by atoms with Crippen molar-refractivity contribution in [2.45, 2.75) is 26.4 Å². The molecule has 148 valence electrons. The number of esters is 1. The van der Waals surface area contributed by atoms with Crippen LogP contribution >= 0.6 is 0 Å². The van der Waals surface area contributed by atoms with Crippen molar-refractivity contribution in [3.8, 4) is 11.5 Å². The van der Waals surface area contributed by atoms with Crippen molar-refractivity contribution in [2.24, 2.45) is 0 Å². The molecule has 0 aliphatic rings. The number of carbonyl (C=O) groups is 3. The SMILES string of the molecule is CCOC(=O)CCCOc1ccc(OCc2ccc(C(=O)O)cc2)cc1C=O. The quantitative estimate of drug-likeness (QED) is 0.358. The molecule has 0 aliphatic carbocycles. The van der Waals surface area contributed by atoms with E-state index in [9.17, 15) is 14.4 Å². The van der Waals surface area contributed by atoms with E-state index in [1.165, 1.54) is 12.1 Å². The standard InChI is InChI=1S/C21H22O7/c1-2-26-20(23)4-3-11-27-19-10-9-18(12-17(19)13-22)28-14-15-5-7-16(8-6-15)21(24)25/h5-10,12-13H,2-4,11,14H2,1H3,(H,24,25). The van der Waals surface area contributed by atoms with Crippen molar-refractivity contribution >= 4 is 18.2 Å². The topological polar surface area (TPSA) is 99.1 Å². The fourth-order valence-electron chi connectivity index (χ4n) is 2.38. The van der Waals surface area contributed by atoms with Gasteiger partial charge in [0.1, 0.15) is 18.1 Å². The molecule has 0 amide bonds. The van der Waals surface area contributed by atoms with Gasteiger partial charge in [-0.05, 0) is 49.2 Å². The Hall–Kier alpha value is -3.35. The monoisotopic (exact) mass is 386 g/mol. The molecule has 2 aromatic rings. The molecule has 7 heteroatoms. The first-order valence-corrected chi connectivity index (χ1v) is 8.86. The van der Waals surface area contributed by atoms with Crippen molar-refractivity contribution in [1.82, 2.24) is 0 Å². The summed E-state index contributed by atoms with van der Waals surface area (Å²) >= 11 is 0. The van der Waals surface area contributed by atoms with Gasteiger partial charge < -0.3 is 19.3 Å². The average Bonchev–Trinajstić information content (AvgIpc) is 2.70. The highest BCUT2D eigenvalue weighted by molar-refractivity contribution is 5.87. The molecule has 0 unspecified atom stereocenters. The Balaban J connectivity index is 1.88. The molecule has 0 saturated carbocycles. The molecular formula is C21H22O7. The van der Waals surface area contributed by atoms with Crippen LogP contribution in [0.1, 0.15) is 46.0 Å². The van der Waals surface area contributed by atoms with Crippen molar-refractivity contribution in [3.63, 3.8) is 0 Å². The molecule has 0 aromatic heterocycles. The van der Waals surface area contributed by atoms with Gasteiger partial charge in [-0.1, -0.05) is 12.1 Å². The minimum Gasteiger partial charge on any atom is -0.493 e. The van der Waals surface area contributed by atoms with Crippen LogP contribution in [-0.2, 0) is 16.1 Å². The zero-order valence-electron chi connectivity index (χ0n) is 15.6. The highest BCUT2D eigenvalue weighted by Crippen LogP contribution is 2.24. The number of carboxylic acid groups (broad SMARTS) is 1. The van der Waals surface area contributed by atoms with Crippen LogP contribution in [0, 0.1) is 0 Å². The third kappa shape index (κ3) is 6.42. The highest BCUT2D eigenvalue weighted by atomic mass is 16.5. The molecule has 7 nitrogen and oxygen atoms in total. The molecule has 0 fully saturated rings. The fraction of sp³-hybridized carbons (Fsp3) is 0.286. The third-order valence-corrected chi connectivity index (χ3v) is 3.80. The van der Waals surface area contributed by atoms with Gasteiger partial charge in [-0.3, -0.25) is 9.59 Å². The van der Waals surface area contributed by atoms with Gasteiger partial charge >= 0.3 is 11.9 Å². The van der Waals surface area contributed by atoms with Crippen LogP contribution in [0.5, 0.6) is 11.5 Å². The van der Waals surface area contributed by atoms with E-state index in [0.717, 1.165) is 5.56 Å². The Morgan fingerprint density at radius 2 is 1.82 bits per heavy atom. The molecule has 0 saturated heterocycles. The minimum atomic E-state index is -0.985. The molecule has 0 atom stereocenters. The Kier molecular flexibility index (Phi) is 8.02. The maximum Gasteiger partial charge on any atom is 0.335 e. The first kappa shape index (κ1) is 21.0. The first-order valence-electron chi connectivity index (χ1n) is 8.86. The number of hydrogen-bond donors (Lipinski definition) is 1. The lowest BCUT2D eigenvalue weighted by Crippen LogP contribution is -2.07. The summed E-state index contributed by atoms with van der Waals surface area (Å²) in [4.78, 5) is 33.5. The van der Waals surface area contributed by atoms with E-state index in [0.29, 0.717) is 36.4 Å². The Morgan fingerprint density at radius 3 is 2.46 bits per heavy atom. The van der Waals surface area contributed by atoms with Gasteiger partial charge in [0, 0.05) is 6.42 Å². The molecule has 28 heavy (non-hydrogen) atoms. The number of benzene rings is 2. The van der Waals surface area contributed by atoms with Crippen LogP contribution in [0.4, 0.5) is 0 Å². The third-order valence-electron chi connectivity index (χ3n) is 3.80. The van der Waals surface area contributed by atoms with Crippen molar-refractivity contribution < 1.29 is 33.7 Å². The fourth-order valence-corrected chi connectivity index (χ4v) is 2.38. The molecule has 1 N–H and O–H groups in total. The number of ether oxygens (including phenoxy) is 3. The smallest absolute Gasteiger partial charge is 0.335 e. The van der Waals surface area contributed by atoms with Gasteiger partial charge in [0.15, 0.2) is 6.29 Å². The van der Waals surface area contributed by atoms with Crippen molar-refractivity contribution in [2.75, 3.05) is 13.2 Å². The summed E-state index contributed by atoms with van der Waals surface area (Å²) in [6.07, 6.45) is 1.42. The number of rotatable bonds is 11. The van der Waals surface area contributed by atoms with Gasteiger partial charge in [-0.2, -0.15) is 0 Å². The molecule has 0 spiro atoms. The molecule has 0 bridgehead atoms. The van der Waals surface area contributed by atoms with Gasteiger partial charge in [-0.15, -0.1) is 0 Å². The lowest BCUT2D eigenvalue weighted by atomic mass is 10.1. The largest absolute Gasteiger partial charge is 0.493 e. The van der Waals surface area contributed by atoms with E-state index < -0.39 is 5.97 Å². The van der Waals surface area contributed by atoms with Gasteiger partial charge in [0.25, 0.3) is 0 Å². The maximum atomic E-state index is 11.3. The summed E-state index contributed by atoms with van der Waals surface area (Å²) in [6, 6.07) is 11.2. The second-order valence-electron chi connectivity index (χ2n) is 5.87. The second-order valence-corrected chi connectivity index (χ2v) is 5.87. The lowest BCUT2D eigenvalue weighted by molar-refractivity contribution is -0.143. The predicted octanol–water partition coefficient (Wildman–Crippen LogP) is 3.50. The summed E-state index contributed by atoms with van der Waals surface area (Å²) < 4.78 is 16.1. The number of hydrogen-bond acceptors (Lipinski definition) is 6. The van der Waals surface area contributed by atoms with Crippen LogP contribution in [0.25, 0.3) is 0 Å². The van der Waals surface area contributed by atoms with Crippen LogP contribution in [-0.4, -0.2) is 36.5 Å². The number of aldehydes is 1. The molecule has 0 radical (unpaired) electrons. The maximum absolute atomic E-state index is 11.3. The van der Waals surface area contributed by atoms with E-state index in [-0.39, 0.29) is 31.2 Å². The number of carboxylic acids is 1. The Morgan fingerprint density at radius 1 is 1.07 bits per heavy atom. The molecule has 0 aliphatic heterocycles. The second kappa shape index (κ2) is 10.7. The van der Waals surface area contributed by atoms with Crippen LogP contribution < -0.4 is 9.47 Å². The van der Waals surface area contributed by atoms with E-state index in [1.807, 2.05) is 0 Å². The van der Waals surface area contributed by atoms with Gasteiger partial charge in [0.05, 0.1) is 24.3 Å². The van der Waals surface area contributed by atoms with E-state index in [2.05, 4.69) is 0 Å². The lowest BCUT2D eigenvalue weighted by Gasteiger charge is -2.11. The summed E-state index contributed by atoms with van der Waals surface area (Å²) in [6.45, 7) is 2.62. The van der Waals surface area contributed by atoms with Crippen molar-refractivity contribution in [3.05, 3.63) is 59.2 Å². The van der Waals surface area contributed by atoms with Crippen molar-refractivity contribution in [1.29, 1.82) is 0 Å². The summed E-state index contributed by atoms with van der Waals surface area (Å²) in [5, 5.41) is 8.90. The number of carbonyl (C=O) groups excluding carboxylic acids is 2. The molecular weight excluding hydrogens is 364 g/mol. The zero-order valence-corrected chi connectivity index (χ0v) is 15.6. The van der Waals surface area contributed by atoms with Crippen LogP contribution in [0.3, 0.4) is 0 Å².